The number of benzene rings is 1. The Bertz CT molecular complexity index is 511. The molecule has 1 aromatic heterocycles. The third-order valence-corrected chi connectivity index (χ3v) is 2.82. The summed E-state index contributed by atoms with van der Waals surface area (Å²) in [6, 6.07) is 5.95. The Kier molecular flexibility index (Phi) is 4.43. The Hall–Kier alpha value is -1.99. The molecule has 0 spiro atoms. The average Bonchev–Trinajstić information content (AvgIpc) is 2.96. The van der Waals surface area contributed by atoms with Crippen molar-refractivity contribution in [2.24, 2.45) is 0 Å². The van der Waals surface area contributed by atoms with Crippen LogP contribution >= 0.6 is 0 Å². The smallest absolute Gasteiger partial charge is 0.173 e. The standard InChI is InChI=1S/C12H17N5O2/c1-9-4-5-10(17-8-14-15-16-17)6-11(9)13-7-12(18-2)19-3/h4-6,8,12-13H,7H2,1-3H3. The van der Waals surface area contributed by atoms with Gasteiger partial charge in [0.15, 0.2) is 6.29 Å². The van der Waals surface area contributed by atoms with Crippen molar-refractivity contribution < 1.29 is 9.47 Å². The van der Waals surface area contributed by atoms with Crippen molar-refractivity contribution >= 4 is 5.69 Å². The SMILES string of the molecule is COC(CNc1cc(-n2cnnn2)ccc1C)OC. The molecule has 0 aliphatic carbocycles. The van der Waals surface area contributed by atoms with Gasteiger partial charge in [-0.05, 0) is 35.0 Å². The first-order chi connectivity index (χ1) is 9.24. The molecular formula is C12H17N5O2. The van der Waals surface area contributed by atoms with Gasteiger partial charge in [-0.15, -0.1) is 5.10 Å². The van der Waals surface area contributed by atoms with E-state index < -0.39 is 0 Å². The van der Waals surface area contributed by atoms with Crippen LogP contribution in [0.25, 0.3) is 5.69 Å². The molecule has 0 aliphatic heterocycles. The zero-order valence-electron chi connectivity index (χ0n) is 11.2. The normalized spacial score (nSPS) is 10.9. The molecule has 19 heavy (non-hydrogen) atoms. The number of aryl methyl sites for hydroxylation is 1. The predicted octanol–water partition coefficient (Wildman–Crippen LogP) is 1.00. The Morgan fingerprint density at radius 3 is 2.74 bits per heavy atom. The van der Waals surface area contributed by atoms with Gasteiger partial charge >= 0.3 is 0 Å². The molecule has 102 valence electrons. The van der Waals surface area contributed by atoms with Crippen LogP contribution in [-0.4, -0.2) is 47.3 Å². The molecule has 0 saturated heterocycles. The van der Waals surface area contributed by atoms with Crippen LogP contribution in [0.1, 0.15) is 5.56 Å². The summed E-state index contributed by atoms with van der Waals surface area (Å²) in [5, 5.41) is 14.4. The van der Waals surface area contributed by atoms with Gasteiger partial charge in [0.2, 0.25) is 0 Å². The zero-order valence-corrected chi connectivity index (χ0v) is 11.2. The molecule has 7 heteroatoms. The second kappa shape index (κ2) is 6.26. The highest BCUT2D eigenvalue weighted by Crippen LogP contribution is 2.19. The van der Waals surface area contributed by atoms with E-state index in [1.54, 1.807) is 25.2 Å². The monoisotopic (exact) mass is 263 g/mol. The predicted molar refractivity (Wildman–Crippen MR) is 70.2 cm³/mol. The highest BCUT2D eigenvalue weighted by molar-refractivity contribution is 5.56. The Balaban J connectivity index is 2.14. The summed E-state index contributed by atoms with van der Waals surface area (Å²) in [6.45, 7) is 2.59. The molecule has 0 fully saturated rings. The number of nitrogens with zero attached hydrogens (tertiary/aromatic N) is 4. The number of hydrogen-bond donors (Lipinski definition) is 1. The molecule has 0 amide bonds. The second-order valence-corrected chi connectivity index (χ2v) is 4.04. The largest absolute Gasteiger partial charge is 0.380 e. The van der Waals surface area contributed by atoms with Gasteiger partial charge in [-0.25, -0.2) is 4.68 Å². The van der Waals surface area contributed by atoms with Crippen LogP contribution in [-0.2, 0) is 9.47 Å². The molecule has 7 nitrogen and oxygen atoms in total. The molecule has 0 saturated carbocycles. The van der Waals surface area contributed by atoms with Gasteiger partial charge in [-0.1, -0.05) is 6.07 Å². The molecule has 0 atom stereocenters. The van der Waals surface area contributed by atoms with Gasteiger partial charge in [0.1, 0.15) is 6.33 Å². The highest BCUT2D eigenvalue weighted by Gasteiger charge is 2.07. The summed E-state index contributed by atoms with van der Waals surface area (Å²) in [7, 11) is 3.22. The Labute approximate surface area is 111 Å². The first kappa shape index (κ1) is 13.4. The fourth-order valence-electron chi connectivity index (χ4n) is 1.68. The number of methoxy groups -OCH3 is 2. The molecule has 0 aliphatic rings. The molecule has 1 heterocycles. The molecule has 2 rings (SSSR count). The minimum Gasteiger partial charge on any atom is -0.380 e. The van der Waals surface area contributed by atoms with Gasteiger partial charge < -0.3 is 14.8 Å². The topological polar surface area (TPSA) is 74.1 Å². The highest BCUT2D eigenvalue weighted by atomic mass is 16.7. The number of tetrazole rings is 1. The molecular weight excluding hydrogens is 246 g/mol. The van der Waals surface area contributed by atoms with Crippen LogP contribution in [0, 0.1) is 6.92 Å². The van der Waals surface area contributed by atoms with Gasteiger partial charge in [0.25, 0.3) is 0 Å². The van der Waals surface area contributed by atoms with E-state index in [-0.39, 0.29) is 6.29 Å². The summed E-state index contributed by atoms with van der Waals surface area (Å²) in [4.78, 5) is 0. The van der Waals surface area contributed by atoms with Crippen LogP contribution in [0.5, 0.6) is 0 Å². The van der Waals surface area contributed by atoms with E-state index in [0.717, 1.165) is 16.9 Å². The van der Waals surface area contributed by atoms with Crippen LogP contribution in [0.4, 0.5) is 5.69 Å². The average molecular weight is 263 g/mol. The number of hydrogen-bond acceptors (Lipinski definition) is 6. The summed E-state index contributed by atoms with van der Waals surface area (Å²) in [5.74, 6) is 0. The van der Waals surface area contributed by atoms with Crippen molar-refractivity contribution in [1.29, 1.82) is 0 Å². The Morgan fingerprint density at radius 1 is 1.32 bits per heavy atom. The van der Waals surface area contributed by atoms with E-state index in [0.29, 0.717) is 6.54 Å². The lowest BCUT2D eigenvalue weighted by Gasteiger charge is -2.16. The maximum absolute atomic E-state index is 5.14. The van der Waals surface area contributed by atoms with Crippen LogP contribution in [0.2, 0.25) is 0 Å². The van der Waals surface area contributed by atoms with Gasteiger partial charge in [-0.3, -0.25) is 0 Å². The molecule has 0 unspecified atom stereocenters. The van der Waals surface area contributed by atoms with Crippen molar-refractivity contribution in [3.05, 3.63) is 30.1 Å². The molecule has 1 N–H and O–H groups in total. The van der Waals surface area contributed by atoms with Gasteiger partial charge in [0.05, 0.1) is 12.2 Å². The van der Waals surface area contributed by atoms with E-state index in [2.05, 4.69) is 20.8 Å². The fourth-order valence-corrected chi connectivity index (χ4v) is 1.68. The van der Waals surface area contributed by atoms with Crippen LogP contribution < -0.4 is 5.32 Å². The maximum Gasteiger partial charge on any atom is 0.173 e. The molecule has 0 radical (unpaired) electrons. The lowest BCUT2D eigenvalue weighted by Crippen LogP contribution is -2.23. The molecule has 2 aromatic rings. The van der Waals surface area contributed by atoms with Crippen molar-refractivity contribution in [1.82, 2.24) is 20.2 Å². The minimum absolute atomic E-state index is 0.281. The third-order valence-electron chi connectivity index (χ3n) is 2.82. The van der Waals surface area contributed by atoms with Crippen LogP contribution in [0.15, 0.2) is 24.5 Å². The Morgan fingerprint density at radius 2 is 2.11 bits per heavy atom. The fraction of sp³-hybridized carbons (Fsp3) is 0.417. The summed E-state index contributed by atoms with van der Waals surface area (Å²) < 4.78 is 11.9. The lowest BCUT2D eigenvalue weighted by molar-refractivity contribution is -0.0914. The van der Waals surface area contributed by atoms with E-state index in [4.69, 9.17) is 9.47 Å². The quantitative estimate of drug-likeness (QED) is 0.784. The third kappa shape index (κ3) is 3.27. The maximum atomic E-state index is 5.14. The summed E-state index contributed by atoms with van der Waals surface area (Å²) in [5.41, 5.74) is 3.01. The summed E-state index contributed by atoms with van der Waals surface area (Å²) in [6.07, 6.45) is 1.28. The van der Waals surface area contributed by atoms with E-state index in [1.807, 2.05) is 25.1 Å². The minimum atomic E-state index is -0.281. The lowest BCUT2D eigenvalue weighted by atomic mass is 10.2. The zero-order chi connectivity index (χ0) is 13.7. The second-order valence-electron chi connectivity index (χ2n) is 4.04. The van der Waals surface area contributed by atoms with Crippen molar-refractivity contribution in [3.63, 3.8) is 0 Å². The van der Waals surface area contributed by atoms with E-state index >= 15 is 0 Å². The first-order valence-corrected chi connectivity index (χ1v) is 5.88. The number of anilines is 1. The molecule has 0 bridgehead atoms. The number of aromatic nitrogens is 4. The number of ether oxygens (including phenoxy) is 2. The first-order valence-electron chi connectivity index (χ1n) is 5.88. The van der Waals surface area contributed by atoms with Crippen molar-refractivity contribution in [2.45, 2.75) is 13.2 Å². The number of rotatable bonds is 6. The van der Waals surface area contributed by atoms with E-state index in [1.165, 1.54) is 0 Å². The van der Waals surface area contributed by atoms with Crippen molar-refractivity contribution in [2.75, 3.05) is 26.1 Å². The van der Waals surface area contributed by atoms with Gasteiger partial charge in [0, 0.05) is 19.9 Å². The van der Waals surface area contributed by atoms with Crippen LogP contribution in [0.3, 0.4) is 0 Å². The number of nitrogens with one attached hydrogen (secondary N) is 1. The van der Waals surface area contributed by atoms with Gasteiger partial charge in [-0.2, -0.15) is 0 Å². The summed E-state index contributed by atoms with van der Waals surface area (Å²) >= 11 is 0. The van der Waals surface area contributed by atoms with E-state index in [9.17, 15) is 0 Å². The van der Waals surface area contributed by atoms with Crippen molar-refractivity contribution in [3.8, 4) is 5.69 Å². The molecule has 1 aromatic carbocycles.